The first kappa shape index (κ1) is 20.0. The first-order valence-corrected chi connectivity index (χ1v) is 8.72. The first-order chi connectivity index (χ1) is 13.0. The number of hydrogen-bond acceptors (Lipinski definition) is 4. The molecule has 0 bridgehead atoms. The summed E-state index contributed by atoms with van der Waals surface area (Å²) in [4.78, 5) is 24.0. The minimum absolute atomic E-state index is 0.419. The van der Waals surface area contributed by atoms with E-state index < -0.39 is 17.9 Å². The molecule has 1 unspecified atom stereocenters. The van der Waals surface area contributed by atoms with E-state index in [4.69, 9.17) is 9.47 Å². The molecule has 2 aromatic carbocycles. The van der Waals surface area contributed by atoms with E-state index in [1.165, 1.54) is 6.08 Å². The van der Waals surface area contributed by atoms with Crippen molar-refractivity contribution in [3.63, 3.8) is 0 Å². The molecule has 2 amide bonds. The van der Waals surface area contributed by atoms with Crippen molar-refractivity contribution < 1.29 is 19.1 Å². The molecule has 6 heteroatoms. The van der Waals surface area contributed by atoms with Crippen LogP contribution in [0.4, 0.5) is 0 Å². The second-order valence-electron chi connectivity index (χ2n) is 5.84. The summed E-state index contributed by atoms with van der Waals surface area (Å²) in [5.74, 6) is 0.392. The van der Waals surface area contributed by atoms with Gasteiger partial charge in [-0.2, -0.15) is 0 Å². The molecular weight excluding hydrogens is 344 g/mol. The Kier molecular flexibility index (Phi) is 7.43. The number of allylic oxidation sites excluding steroid dienone is 1. The van der Waals surface area contributed by atoms with Gasteiger partial charge in [-0.3, -0.25) is 20.4 Å². The summed E-state index contributed by atoms with van der Waals surface area (Å²) in [6, 6.07) is 16.5. The van der Waals surface area contributed by atoms with Crippen molar-refractivity contribution in [1.29, 1.82) is 0 Å². The number of ether oxygens (including phenoxy) is 2. The fourth-order valence-corrected chi connectivity index (χ4v) is 2.28. The number of nitrogens with one attached hydrogen (secondary N) is 2. The number of hydrazine groups is 1. The average Bonchev–Trinajstić information content (AvgIpc) is 2.68. The monoisotopic (exact) mass is 368 g/mol. The normalized spacial score (nSPS) is 12.0. The van der Waals surface area contributed by atoms with E-state index in [1.54, 1.807) is 31.2 Å². The van der Waals surface area contributed by atoms with Gasteiger partial charge in [-0.15, -0.1) is 0 Å². The number of hydrogen-bond donors (Lipinski definition) is 2. The summed E-state index contributed by atoms with van der Waals surface area (Å²) in [5, 5.41) is 0. The van der Waals surface area contributed by atoms with Gasteiger partial charge >= 0.3 is 0 Å². The Morgan fingerprint density at radius 1 is 1.00 bits per heavy atom. The molecule has 6 nitrogen and oxygen atoms in total. The largest absolute Gasteiger partial charge is 0.494 e. The quantitative estimate of drug-likeness (QED) is 0.582. The standard InChI is InChI=1S/C21H24N2O4/c1-4-26-18-10-12-19(13-11-18)27-16(3)21(25)23-22-20(24)14-15(2)17-8-6-5-7-9-17/h5-14,16H,4H2,1-3H3,(H,22,24)(H,23,25)/b15-14-. The Hall–Kier alpha value is -3.28. The van der Waals surface area contributed by atoms with Crippen LogP contribution in [0.1, 0.15) is 26.3 Å². The van der Waals surface area contributed by atoms with E-state index in [0.717, 1.165) is 16.9 Å². The molecule has 0 spiro atoms. The predicted molar refractivity (Wildman–Crippen MR) is 104 cm³/mol. The minimum Gasteiger partial charge on any atom is -0.494 e. The van der Waals surface area contributed by atoms with E-state index in [0.29, 0.717) is 12.4 Å². The molecule has 0 saturated heterocycles. The number of amides is 2. The van der Waals surface area contributed by atoms with E-state index in [2.05, 4.69) is 10.9 Å². The predicted octanol–water partition coefficient (Wildman–Crippen LogP) is 3.10. The topological polar surface area (TPSA) is 76.7 Å². The van der Waals surface area contributed by atoms with Crippen molar-refractivity contribution in [3.8, 4) is 11.5 Å². The second-order valence-corrected chi connectivity index (χ2v) is 5.84. The molecule has 2 N–H and O–H groups in total. The third-order valence-electron chi connectivity index (χ3n) is 3.70. The van der Waals surface area contributed by atoms with Gasteiger partial charge in [0.2, 0.25) is 0 Å². The van der Waals surface area contributed by atoms with Crippen molar-refractivity contribution in [2.45, 2.75) is 26.9 Å². The maximum Gasteiger partial charge on any atom is 0.279 e. The van der Waals surface area contributed by atoms with E-state index in [9.17, 15) is 9.59 Å². The van der Waals surface area contributed by atoms with Gasteiger partial charge in [0.25, 0.3) is 11.8 Å². The van der Waals surface area contributed by atoms with Gasteiger partial charge in [-0.25, -0.2) is 0 Å². The van der Waals surface area contributed by atoms with Crippen molar-refractivity contribution in [1.82, 2.24) is 10.9 Å². The van der Waals surface area contributed by atoms with E-state index >= 15 is 0 Å². The highest BCUT2D eigenvalue weighted by Gasteiger charge is 2.15. The van der Waals surface area contributed by atoms with Crippen LogP contribution in [0.15, 0.2) is 60.7 Å². The molecule has 0 radical (unpaired) electrons. The molecule has 0 heterocycles. The summed E-state index contributed by atoms with van der Waals surface area (Å²) in [6.07, 6.45) is 0.649. The highest BCUT2D eigenvalue weighted by Crippen LogP contribution is 2.18. The van der Waals surface area contributed by atoms with Gasteiger partial charge in [-0.1, -0.05) is 30.3 Å². The van der Waals surface area contributed by atoms with Crippen molar-refractivity contribution in [2.24, 2.45) is 0 Å². The highest BCUT2D eigenvalue weighted by atomic mass is 16.5. The van der Waals surface area contributed by atoms with E-state index in [-0.39, 0.29) is 0 Å². The number of benzene rings is 2. The third kappa shape index (κ3) is 6.51. The molecule has 0 aliphatic heterocycles. The molecule has 0 saturated carbocycles. The van der Waals surface area contributed by atoms with Gasteiger partial charge < -0.3 is 9.47 Å². The maximum absolute atomic E-state index is 12.1. The van der Waals surface area contributed by atoms with Crippen LogP contribution in [-0.4, -0.2) is 24.5 Å². The van der Waals surface area contributed by atoms with Crippen LogP contribution < -0.4 is 20.3 Å². The van der Waals surface area contributed by atoms with Gasteiger partial charge in [0.05, 0.1) is 6.61 Å². The average molecular weight is 368 g/mol. The smallest absolute Gasteiger partial charge is 0.279 e. The molecule has 2 aromatic rings. The van der Waals surface area contributed by atoms with Crippen LogP contribution in [0.2, 0.25) is 0 Å². The number of carbonyl (C=O) groups is 2. The SMILES string of the molecule is CCOc1ccc(OC(C)C(=O)NNC(=O)/C=C(/C)c2ccccc2)cc1. The van der Waals surface area contributed by atoms with Crippen molar-refractivity contribution in [3.05, 3.63) is 66.2 Å². The molecule has 0 aromatic heterocycles. The Morgan fingerprint density at radius 3 is 2.26 bits per heavy atom. The van der Waals surface area contributed by atoms with Gasteiger partial charge in [0.15, 0.2) is 6.10 Å². The lowest BCUT2D eigenvalue weighted by Gasteiger charge is -2.15. The summed E-state index contributed by atoms with van der Waals surface area (Å²) in [6.45, 7) is 5.91. The Morgan fingerprint density at radius 2 is 1.63 bits per heavy atom. The first-order valence-electron chi connectivity index (χ1n) is 8.72. The van der Waals surface area contributed by atoms with Gasteiger partial charge in [-0.05, 0) is 56.2 Å². The molecular formula is C21H24N2O4. The maximum atomic E-state index is 12.1. The highest BCUT2D eigenvalue weighted by molar-refractivity contribution is 5.96. The molecule has 0 aliphatic rings. The molecule has 142 valence electrons. The fourth-order valence-electron chi connectivity index (χ4n) is 2.28. The number of rotatable bonds is 7. The van der Waals surface area contributed by atoms with Crippen molar-refractivity contribution in [2.75, 3.05) is 6.61 Å². The Labute approximate surface area is 159 Å². The summed E-state index contributed by atoms with van der Waals surface area (Å²) >= 11 is 0. The summed E-state index contributed by atoms with van der Waals surface area (Å²) in [5.41, 5.74) is 6.45. The van der Waals surface area contributed by atoms with Crippen molar-refractivity contribution >= 4 is 17.4 Å². The lowest BCUT2D eigenvalue weighted by Crippen LogP contribution is -2.46. The molecule has 0 aliphatic carbocycles. The van der Waals surface area contributed by atoms with Crippen LogP contribution in [0.25, 0.3) is 5.57 Å². The lowest BCUT2D eigenvalue weighted by molar-refractivity contribution is -0.131. The van der Waals surface area contributed by atoms with Gasteiger partial charge in [0.1, 0.15) is 11.5 Å². The molecule has 27 heavy (non-hydrogen) atoms. The Bertz CT molecular complexity index is 786. The fraction of sp³-hybridized carbons (Fsp3) is 0.238. The van der Waals surface area contributed by atoms with E-state index in [1.807, 2.05) is 44.2 Å². The van der Waals surface area contributed by atoms with Crippen LogP contribution in [0, 0.1) is 0 Å². The summed E-state index contributed by atoms with van der Waals surface area (Å²) in [7, 11) is 0. The zero-order chi connectivity index (χ0) is 19.6. The zero-order valence-electron chi connectivity index (χ0n) is 15.7. The zero-order valence-corrected chi connectivity index (χ0v) is 15.7. The number of carbonyl (C=O) groups excluding carboxylic acids is 2. The summed E-state index contributed by atoms with van der Waals surface area (Å²) < 4.78 is 10.9. The lowest BCUT2D eigenvalue weighted by atomic mass is 10.1. The van der Waals surface area contributed by atoms with Gasteiger partial charge in [0, 0.05) is 6.08 Å². The Balaban J connectivity index is 1.82. The molecule has 0 fully saturated rings. The van der Waals surface area contributed by atoms with Crippen LogP contribution in [0.5, 0.6) is 11.5 Å². The van der Waals surface area contributed by atoms with Crippen LogP contribution >= 0.6 is 0 Å². The second kappa shape index (κ2) is 10.0. The molecule has 1 atom stereocenters. The molecule has 2 rings (SSSR count). The minimum atomic E-state index is -0.776. The van der Waals surface area contributed by atoms with Crippen LogP contribution in [0.3, 0.4) is 0 Å². The van der Waals surface area contributed by atoms with Crippen LogP contribution in [-0.2, 0) is 9.59 Å². The third-order valence-corrected chi connectivity index (χ3v) is 3.70.